The largest absolute Gasteiger partial charge is 0.478 e. The molecule has 0 aliphatic carbocycles. The van der Waals surface area contributed by atoms with Gasteiger partial charge in [0, 0.05) is 0 Å². The zero-order chi connectivity index (χ0) is 18.3. The first kappa shape index (κ1) is 19.0. The van der Waals surface area contributed by atoms with Gasteiger partial charge in [0.1, 0.15) is 0 Å². The van der Waals surface area contributed by atoms with E-state index in [9.17, 15) is 18.3 Å². The molecule has 2 N–H and O–H groups in total. The number of hydrogen-bond acceptors (Lipinski definition) is 3. The normalized spacial score (nSPS) is 11.2. The van der Waals surface area contributed by atoms with Crippen LogP contribution in [0.3, 0.4) is 0 Å². The molecule has 25 heavy (non-hydrogen) atoms. The van der Waals surface area contributed by atoms with Crippen molar-refractivity contribution in [2.45, 2.75) is 32.6 Å². The molecule has 5 nitrogen and oxygen atoms in total. The molecule has 0 aliphatic rings. The molecule has 134 valence electrons. The molecule has 0 unspecified atom stereocenters. The summed E-state index contributed by atoms with van der Waals surface area (Å²) in [5.41, 5.74) is 2.43. The smallest absolute Gasteiger partial charge is 0.335 e. The first-order valence-electron chi connectivity index (χ1n) is 8.32. The van der Waals surface area contributed by atoms with E-state index in [4.69, 9.17) is 0 Å². The van der Waals surface area contributed by atoms with Gasteiger partial charge in [-0.3, -0.25) is 4.72 Å². The molecular weight excluding hydrogens is 338 g/mol. The van der Waals surface area contributed by atoms with Gasteiger partial charge >= 0.3 is 5.97 Å². The van der Waals surface area contributed by atoms with Crippen LogP contribution < -0.4 is 4.72 Å². The standard InChI is InChI=1S/C19H23NO4S/c1-2-3-14-25(23,24)20-18-11-7-5-9-16(18)13-12-15-8-4-6-10-17(15)19(21)22/h4-11,20H,2-3,12-14H2,1H3,(H,21,22). The maximum Gasteiger partial charge on any atom is 0.335 e. The highest BCUT2D eigenvalue weighted by Gasteiger charge is 2.13. The second-order valence-electron chi connectivity index (χ2n) is 5.89. The highest BCUT2D eigenvalue weighted by Crippen LogP contribution is 2.20. The lowest BCUT2D eigenvalue weighted by molar-refractivity contribution is 0.0695. The van der Waals surface area contributed by atoms with E-state index < -0.39 is 16.0 Å². The minimum absolute atomic E-state index is 0.0969. The van der Waals surface area contributed by atoms with Crippen molar-refractivity contribution < 1.29 is 18.3 Å². The van der Waals surface area contributed by atoms with Crippen molar-refractivity contribution in [1.29, 1.82) is 0 Å². The van der Waals surface area contributed by atoms with Crippen LogP contribution in [0.2, 0.25) is 0 Å². The summed E-state index contributed by atoms with van der Waals surface area (Å²) in [4.78, 5) is 11.3. The summed E-state index contributed by atoms with van der Waals surface area (Å²) < 4.78 is 26.9. The van der Waals surface area contributed by atoms with Crippen molar-refractivity contribution in [3.05, 3.63) is 65.2 Å². The van der Waals surface area contributed by atoms with Crippen LogP contribution >= 0.6 is 0 Å². The van der Waals surface area contributed by atoms with Gasteiger partial charge in [0.2, 0.25) is 10.0 Å². The lowest BCUT2D eigenvalue weighted by Gasteiger charge is -2.13. The molecule has 2 aromatic carbocycles. The van der Waals surface area contributed by atoms with E-state index in [1.54, 1.807) is 36.4 Å². The van der Waals surface area contributed by atoms with E-state index >= 15 is 0 Å². The molecule has 0 atom stereocenters. The summed E-state index contributed by atoms with van der Waals surface area (Å²) in [6.45, 7) is 1.95. The minimum atomic E-state index is -3.37. The Bertz CT molecular complexity index is 831. The van der Waals surface area contributed by atoms with Crippen molar-refractivity contribution in [3.63, 3.8) is 0 Å². The fourth-order valence-electron chi connectivity index (χ4n) is 2.61. The topological polar surface area (TPSA) is 83.5 Å². The summed E-state index contributed by atoms with van der Waals surface area (Å²) in [7, 11) is -3.37. The lowest BCUT2D eigenvalue weighted by atomic mass is 9.99. The molecule has 0 amide bonds. The van der Waals surface area contributed by atoms with Gasteiger partial charge in [-0.2, -0.15) is 0 Å². The summed E-state index contributed by atoms with van der Waals surface area (Å²) in [6, 6.07) is 14.1. The summed E-state index contributed by atoms with van der Waals surface area (Å²) >= 11 is 0. The third-order valence-electron chi connectivity index (χ3n) is 3.96. The van der Waals surface area contributed by atoms with Gasteiger partial charge in [-0.15, -0.1) is 0 Å². The monoisotopic (exact) mass is 361 g/mol. The van der Waals surface area contributed by atoms with Crippen LogP contribution in [-0.4, -0.2) is 25.2 Å². The van der Waals surface area contributed by atoms with Crippen LogP contribution in [0.5, 0.6) is 0 Å². The van der Waals surface area contributed by atoms with E-state index in [1.165, 1.54) is 0 Å². The maximum atomic E-state index is 12.1. The molecule has 0 aliphatic heterocycles. The number of aromatic carboxylic acids is 1. The summed E-state index contributed by atoms with van der Waals surface area (Å²) in [5, 5.41) is 9.26. The second kappa shape index (κ2) is 8.67. The van der Waals surface area contributed by atoms with Crippen molar-refractivity contribution in [1.82, 2.24) is 0 Å². The SMILES string of the molecule is CCCCS(=O)(=O)Nc1ccccc1CCc1ccccc1C(=O)O. The predicted molar refractivity (Wildman–Crippen MR) is 99.6 cm³/mol. The van der Waals surface area contributed by atoms with Crippen LogP contribution in [0, 0.1) is 0 Å². The number of carbonyl (C=O) groups is 1. The van der Waals surface area contributed by atoms with E-state index in [1.807, 2.05) is 19.1 Å². The predicted octanol–water partition coefficient (Wildman–Crippen LogP) is 3.71. The first-order valence-corrected chi connectivity index (χ1v) is 9.98. The van der Waals surface area contributed by atoms with E-state index in [-0.39, 0.29) is 11.3 Å². The molecule has 0 radical (unpaired) electrons. The van der Waals surface area contributed by atoms with Crippen molar-refractivity contribution >= 4 is 21.7 Å². The number of benzene rings is 2. The van der Waals surface area contributed by atoms with Crippen molar-refractivity contribution in [3.8, 4) is 0 Å². The molecule has 6 heteroatoms. The Labute approximate surface area is 148 Å². The summed E-state index contributed by atoms with van der Waals surface area (Å²) in [5.74, 6) is -0.858. The van der Waals surface area contributed by atoms with Gasteiger partial charge in [0.25, 0.3) is 0 Å². The molecule has 0 heterocycles. The third-order valence-corrected chi connectivity index (χ3v) is 5.32. The van der Waals surface area contributed by atoms with Gasteiger partial charge in [-0.1, -0.05) is 49.7 Å². The molecule has 0 saturated carbocycles. The Morgan fingerprint density at radius 3 is 2.28 bits per heavy atom. The van der Waals surface area contributed by atoms with Crippen LogP contribution in [-0.2, 0) is 22.9 Å². The van der Waals surface area contributed by atoms with Gasteiger partial charge in [-0.05, 0) is 42.5 Å². The van der Waals surface area contributed by atoms with Gasteiger partial charge in [0.15, 0.2) is 0 Å². The number of nitrogens with one attached hydrogen (secondary N) is 1. The number of anilines is 1. The van der Waals surface area contributed by atoms with Crippen LogP contribution in [0.15, 0.2) is 48.5 Å². The molecule has 0 aromatic heterocycles. The minimum Gasteiger partial charge on any atom is -0.478 e. The summed E-state index contributed by atoms with van der Waals surface area (Å²) in [6.07, 6.45) is 2.50. The van der Waals surface area contributed by atoms with Gasteiger partial charge in [0.05, 0.1) is 17.0 Å². The van der Waals surface area contributed by atoms with Crippen LogP contribution in [0.25, 0.3) is 0 Å². The Morgan fingerprint density at radius 1 is 1.00 bits per heavy atom. The first-order chi connectivity index (χ1) is 11.9. The molecular formula is C19H23NO4S. The Kier molecular flexibility index (Phi) is 6.58. The molecule has 0 spiro atoms. The second-order valence-corrected chi connectivity index (χ2v) is 7.74. The van der Waals surface area contributed by atoms with Gasteiger partial charge in [-0.25, -0.2) is 13.2 Å². The zero-order valence-corrected chi connectivity index (χ0v) is 15.1. The fourth-order valence-corrected chi connectivity index (χ4v) is 3.91. The van der Waals surface area contributed by atoms with Crippen LogP contribution in [0.4, 0.5) is 5.69 Å². The lowest BCUT2D eigenvalue weighted by Crippen LogP contribution is -2.17. The number of sulfonamides is 1. The maximum absolute atomic E-state index is 12.1. The van der Waals surface area contributed by atoms with Crippen molar-refractivity contribution in [2.24, 2.45) is 0 Å². The van der Waals surface area contributed by atoms with E-state index in [2.05, 4.69) is 4.72 Å². The quantitative estimate of drug-likeness (QED) is 0.713. The molecule has 0 saturated heterocycles. The number of rotatable bonds is 9. The third kappa shape index (κ3) is 5.60. The highest BCUT2D eigenvalue weighted by atomic mass is 32.2. The molecule has 2 rings (SSSR count). The van der Waals surface area contributed by atoms with E-state index in [0.29, 0.717) is 24.9 Å². The molecule has 2 aromatic rings. The Balaban J connectivity index is 2.15. The Hall–Kier alpha value is -2.34. The number of carboxylic acids is 1. The average molecular weight is 361 g/mol. The number of unbranched alkanes of at least 4 members (excludes halogenated alkanes) is 1. The zero-order valence-electron chi connectivity index (χ0n) is 14.2. The molecule has 0 bridgehead atoms. The fraction of sp³-hybridized carbons (Fsp3) is 0.316. The van der Waals surface area contributed by atoms with Gasteiger partial charge < -0.3 is 5.11 Å². The number of hydrogen-bond donors (Lipinski definition) is 2. The number of aryl methyl sites for hydroxylation is 2. The average Bonchev–Trinajstić information content (AvgIpc) is 2.59. The van der Waals surface area contributed by atoms with E-state index in [0.717, 1.165) is 17.5 Å². The highest BCUT2D eigenvalue weighted by molar-refractivity contribution is 7.92. The Morgan fingerprint density at radius 2 is 1.60 bits per heavy atom. The van der Waals surface area contributed by atoms with Crippen LogP contribution in [0.1, 0.15) is 41.3 Å². The number of para-hydroxylation sites is 1. The molecule has 0 fully saturated rings. The van der Waals surface area contributed by atoms with Crippen molar-refractivity contribution in [2.75, 3.05) is 10.5 Å². The number of carboxylic acid groups (broad SMARTS) is 1.